The van der Waals surface area contributed by atoms with Gasteiger partial charge in [-0.1, -0.05) is 167 Å². The third-order valence-electron chi connectivity index (χ3n) is 14.0. The average molecular weight is 726 g/mol. The smallest absolute Gasteiger partial charge is 0.0620 e. The lowest BCUT2D eigenvalue weighted by Gasteiger charge is -2.26. The van der Waals surface area contributed by atoms with E-state index in [9.17, 15) is 0 Å². The van der Waals surface area contributed by atoms with Gasteiger partial charge in [0.2, 0.25) is 0 Å². The lowest BCUT2D eigenvalue weighted by atomic mass is 9.76. The van der Waals surface area contributed by atoms with Gasteiger partial charge in [0.15, 0.2) is 0 Å². The Morgan fingerprint density at radius 1 is 0.351 bits per heavy atom. The molecule has 1 nitrogen and oxygen atoms in total. The summed E-state index contributed by atoms with van der Waals surface area (Å²) in [6.07, 6.45) is 0. The maximum absolute atomic E-state index is 2.58. The average Bonchev–Trinajstić information content (AvgIpc) is 3.91. The van der Waals surface area contributed by atoms with Gasteiger partial charge in [0.05, 0.1) is 16.6 Å². The van der Waals surface area contributed by atoms with Gasteiger partial charge in [-0.15, -0.1) is 0 Å². The molecule has 0 atom stereocenters. The second-order valence-electron chi connectivity index (χ2n) is 17.6. The van der Waals surface area contributed by atoms with Gasteiger partial charge in [0.25, 0.3) is 0 Å². The first-order valence-corrected chi connectivity index (χ1v) is 20.4. The van der Waals surface area contributed by atoms with E-state index >= 15 is 0 Å². The van der Waals surface area contributed by atoms with E-state index in [2.05, 4.69) is 196 Å². The third kappa shape index (κ3) is 3.76. The lowest BCUT2D eigenvalue weighted by Crippen LogP contribution is -2.16. The molecule has 11 aromatic rings. The standard InChI is InChI=1S/C56H39N/c1-55(2)44-26-11-9-20-36(44)42-30-32-16-5-7-18-34(32)50(52(42)55)38-22-14-28-46-48(38)40-24-13-25-41-49-39(23-15-29-47(49)57(46)54(40)41)51-35-19-8-6-17-33(35)31-43-37-21-10-12-27-45(37)56(3,4)53(43)51/h5-31H,1-4H3. The zero-order valence-electron chi connectivity index (χ0n) is 32.5. The Balaban J connectivity index is 1.16. The summed E-state index contributed by atoms with van der Waals surface area (Å²) in [7, 11) is 0. The normalized spacial score (nSPS) is 14.9. The van der Waals surface area contributed by atoms with Gasteiger partial charge in [0, 0.05) is 32.4 Å². The van der Waals surface area contributed by atoms with Crippen molar-refractivity contribution in [3.63, 3.8) is 0 Å². The molecule has 0 amide bonds. The molecular formula is C56H39N. The first-order chi connectivity index (χ1) is 27.8. The molecule has 2 aromatic heterocycles. The van der Waals surface area contributed by atoms with Crippen LogP contribution in [0.1, 0.15) is 49.9 Å². The highest BCUT2D eigenvalue weighted by Crippen LogP contribution is 2.58. The minimum Gasteiger partial charge on any atom is -0.308 e. The van der Waals surface area contributed by atoms with E-state index in [1.54, 1.807) is 0 Å². The summed E-state index contributed by atoms with van der Waals surface area (Å²) in [6.45, 7) is 9.68. The molecule has 0 radical (unpaired) electrons. The predicted molar refractivity (Wildman–Crippen MR) is 242 cm³/mol. The number of nitrogens with zero attached hydrogens (tertiary/aromatic N) is 1. The van der Waals surface area contributed by atoms with Crippen molar-refractivity contribution in [1.82, 2.24) is 4.40 Å². The van der Waals surface area contributed by atoms with Crippen LogP contribution >= 0.6 is 0 Å². The van der Waals surface area contributed by atoms with E-state index in [4.69, 9.17) is 0 Å². The Labute approximate surface area is 331 Å². The van der Waals surface area contributed by atoms with Crippen molar-refractivity contribution in [2.75, 3.05) is 0 Å². The quantitative estimate of drug-likeness (QED) is 0.167. The van der Waals surface area contributed by atoms with Gasteiger partial charge < -0.3 is 4.40 Å². The van der Waals surface area contributed by atoms with Gasteiger partial charge in [0.1, 0.15) is 0 Å². The van der Waals surface area contributed by atoms with E-state index < -0.39 is 0 Å². The SMILES string of the molecule is CC1(C)c2ccccc2-c2cc3ccccc3c(-c3cccc4c3c3cccc5c6c(-c7c8c(cc9ccccc79)-c7ccccc7C8(C)C)cccc6n4c35)c21. The van der Waals surface area contributed by atoms with Gasteiger partial charge >= 0.3 is 0 Å². The molecule has 268 valence electrons. The van der Waals surface area contributed by atoms with Crippen LogP contribution in [0.3, 0.4) is 0 Å². The molecule has 0 spiro atoms. The molecule has 57 heavy (non-hydrogen) atoms. The van der Waals surface area contributed by atoms with Crippen LogP contribution < -0.4 is 0 Å². The minimum atomic E-state index is -0.151. The summed E-state index contributed by atoms with van der Waals surface area (Å²) in [5.74, 6) is 0. The van der Waals surface area contributed by atoms with Crippen molar-refractivity contribution in [3.8, 4) is 44.5 Å². The lowest BCUT2D eigenvalue weighted by molar-refractivity contribution is 0.663. The monoisotopic (exact) mass is 725 g/mol. The molecule has 13 rings (SSSR count). The fourth-order valence-electron chi connectivity index (χ4n) is 11.8. The number of aromatic nitrogens is 1. The summed E-state index contributed by atoms with van der Waals surface area (Å²) < 4.78 is 2.58. The number of hydrogen-bond donors (Lipinski definition) is 0. The molecular weight excluding hydrogens is 687 g/mol. The van der Waals surface area contributed by atoms with Gasteiger partial charge in [-0.05, 0) is 113 Å². The molecule has 0 saturated carbocycles. The highest BCUT2D eigenvalue weighted by molar-refractivity contribution is 6.30. The van der Waals surface area contributed by atoms with Gasteiger partial charge in [-0.25, -0.2) is 0 Å². The molecule has 2 heterocycles. The Bertz CT molecular complexity index is 3340. The van der Waals surface area contributed by atoms with E-state index in [-0.39, 0.29) is 10.8 Å². The highest BCUT2D eigenvalue weighted by atomic mass is 14.9. The highest BCUT2D eigenvalue weighted by Gasteiger charge is 2.40. The fourth-order valence-corrected chi connectivity index (χ4v) is 11.8. The van der Waals surface area contributed by atoms with Crippen LogP contribution in [0, 0.1) is 0 Å². The molecule has 0 fully saturated rings. The number of fused-ring (bicyclic) bond motifs is 14. The van der Waals surface area contributed by atoms with E-state index in [0.717, 1.165) is 0 Å². The molecule has 0 saturated heterocycles. The van der Waals surface area contributed by atoms with E-state index in [1.807, 2.05) is 0 Å². The van der Waals surface area contributed by atoms with Crippen molar-refractivity contribution in [3.05, 3.63) is 186 Å². The van der Waals surface area contributed by atoms with Crippen LogP contribution in [0.5, 0.6) is 0 Å². The number of benzene rings is 9. The number of para-hydroxylation sites is 1. The Morgan fingerprint density at radius 3 is 1.23 bits per heavy atom. The Hall–Kier alpha value is -6.70. The Morgan fingerprint density at radius 2 is 0.737 bits per heavy atom. The summed E-state index contributed by atoms with van der Waals surface area (Å²) in [6, 6.07) is 62.1. The van der Waals surface area contributed by atoms with Crippen molar-refractivity contribution in [2.24, 2.45) is 0 Å². The molecule has 0 aliphatic heterocycles. The Kier molecular flexibility index (Phi) is 5.84. The molecule has 0 unspecified atom stereocenters. The molecule has 2 aliphatic carbocycles. The van der Waals surface area contributed by atoms with Crippen LogP contribution in [-0.2, 0) is 10.8 Å². The van der Waals surface area contributed by atoms with Gasteiger partial charge in [-0.3, -0.25) is 0 Å². The summed E-state index contributed by atoms with van der Waals surface area (Å²) in [5, 5.41) is 10.5. The molecule has 9 aromatic carbocycles. The van der Waals surface area contributed by atoms with Crippen LogP contribution in [-0.4, -0.2) is 4.40 Å². The number of rotatable bonds is 2. The van der Waals surface area contributed by atoms with E-state index in [0.29, 0.717) is 0 Å². The fraction of sp³-hybridized carbons (Fsp3) is 0.107. The van der Waals surface area contributed by atoms with Crippen molar-refractivity contribution >= 4 is 59.6 Å². The van der Waals surface area contributed by atoms with Crippen molar-refractivity contribution in [1.29, 1.82) is 0 Å². The second kappa shape index (κ2) is 10.6. The summed E-state index contributed by atoms with van der Waals surface area (Å²) in [4.78, 5) is 0. The van der Waals surface area contributed by atoms with Crippen LogP contribution in [0.4, 0.5) is 0 Å². The van der Waals surface area contributed by atoms with Crippen LogP contribution in [0.2, 0.25) is 0 Å². The molecule has 1 heteroatoms. The van der Waals surface area contributed by atoms with Crippen molar-refractivity contribution < 1.29 is 0 Å². The summed E-state index contributed by atoms with van der Waals surface area (Å²) >= 11 is 0. The second-order valence-corrected chi connectivity index (χ2v) is 17.6. The molecule has 2 aliphatic rings. The minimum absolute atomic E-state index is 0.151. The van der Waals surface area contributed by atoms with Gasteiger partial charge in [-0.2, -0.15) is 0 Å². The predicted octanol–water partition coefficient (Wildman–Crippen LogP) is 15.1. The maximum Gasteiger partial charge on any atom is 0.0620 e. The largest absolute Gasteiger partial charge is 0.308 e. The molecule has 0 bridgehead atoms. The topological polar surface area (TPSA) is 4.41 Å². The van der Waals surface area contributed by atoms with Crippen molar-refractivity contribution in [2.45, 2.75) is 38.5 Å². The van der Waals surface area contributed by atoms with Crippen LogP contribution in [0.15, 0.2) is 164 Å². The first-order valence-electron chi connectivity index (χ1n) is 20.4. The zero-order valence-corrected chi connectivity index (χ0v) is 32.5. The maximum atomic E-state index is 2.58. The summed E-state index contributed by atoms with van der Waals surface area (Å²) in [5.41, 5.74) is 20.0. The third-order valence-corrected chi connectivity index (χ3v) is 14.0. The first kappa shape index (κ1) is 31.5. The number of hydrogen-bond acceptors (Lipinski definition) is 0. The molecule has 0 N–H and O–H groups in total. The van der Waals surface area contributed by atoms with Crippen LogP contribution in [0.25, 0.3) is 104 Å². The zero-order chi connectivity index (χ0) is 37.9. The van der Waals surface area contributed by atoms with E-state index in [1.165, 1.54) is 126 Å².